The minimum Gasteiger partial charge on any atom is -0.463 e. The summed E-state index contributed by atoms with van der Waals surface area (Å²) in [7, 11) is 2.08. The first-order valence-electron chi connectivity index (χ1n) is 6.88. The first-order chi connectivity index (χ1) is 9.31. The van der Waals surface area contributed by atoms with Crippen molar-refractivity contribution < 1.29 is 4.42 Å². The largest absolute Gasteiger partial charge is 0.463 e. The summed E-state index contributed by atoms with van der Waals surface area (Å²) in [4.78, 5) is 2.19. The standard InChI is InChI=1S/C16H20N2O/c1-18(14-5-3-2-4-6-14)12-16-10-9-15(19-16)11-17-13-7-8-13/h2-6,9-10,13,17H,7-8,11-12H2,1H3. The van der Waals surface area contributed by atoms with Crippen LogP contribution in [0.3, 0.4) is 0 Å². The van der Waals surface area contributed by atoms with Gasteiger partial charge in [-0.15, -0.1) is 0 Å². The molecule has 2 aromatic rings. The molecule has 0 bridgehead atoms. The summed E-state index contributed by atoms with van der Waals surface area (Å²) >= 11 is 0. The van der Waals surface area contributed by atoms with Crippen molar-refractivity contribution in [1.29, 1.82) is 0 Å². The van der Waals surface area contributed by atoms with Crippen LogP contribution in [0.1, 0.15) is 24.4 Å². The SMILES string of the molecule is CN(Cc1ccc(CNC2CC2)o1)c1ccccc1. The van der Waals surface area contributed by atoms with Gasteiger partial charge in [0.25, 0.3) is 0 Å². The third-order valence-electron chi connectivity index (χ3n) is 3.45. The van der Waals surface area contributed by atoms with E-state index >= 15 is 0 Å². The summed E-state index contributed by atoms with van der Waals surface area (Å²) in [6.45, 7) is 1.65. The van der Waals surface area contributed by atoms with Gasteiger partial charge in [-0.1, -0.05) is 18.2 Å². The number of furan rings is 1. The minimum atomic E-state index is 0.723. The van der Waals surface area contributed by atoms with Crippen molar-refractivity contribution >= 4 is 5.69 Å². The molecular weight excluding hydrogens is 236 g/mol. The maximum Gasteiger partial charge on any atom is 0.123 e. The van der Waals surface area contributed by atoms with Gasteiger partial charge in [-0.05, 0) is 37.1 Å². The summed E-state index contributed by atoms with van der Waals surface area (Å²) in [6.07, 6.45) is 2.62. The molecule has 0 saturated heterocycles. The Morgan fingerprint density at radius 1 is 1.11 bits per heavy atom. The number of nitrogens with zero attached hydrogens (tertiary/aromatic N) is 1. The molecule has 0 amide bonds. The van der Waals surface area contributed by atoms with Crippen LogP contribution in [0.4, 0.5) is 5.69 Å². The molecule has 19 heavy (non-hydrogen) atoms. The minimum absolute atomic E-state index is 0.723. The first-order valence-corrected chi connectivity index (χ1v) is 6.88. The second-order valence-corrected chi connectivity index (χ2v) is 5.21. The molecule has 3 rings (SSSR count). The Morgan fingerprint density at radius 2 is 1.84 bits per heavy atom. The number of anilines is 1. The van der Waals surface area contributed by atoms with E-state index in [1.165, 1.54) is 18.5 Å². The highest BCUT2D eigenvalue weighted by atomic mass is 16.3. The van der Waals surface area contributed by atoms with Crippen LogP contribution in [0, 0.1) is 0 Å². The number of benzene rings is 1. The van der Waals surface area contributed by atoms with Crippen LogP contribution in [0.25, 0.3) is 0 Å². The van der Waals surface area contributed by atoms with Gasteiger partial charge in [-0.2, -0.15) is 0 Å². The van der Waals surface area contributed by atoms with Gasteiger partial charge in [-0.3, -0.25) is 0 Å². The number of para-hydroxylation sites is 1. The summed E-state index contributed by atoms with van der Waals surface area (Å²) < 4.78 is 5.85. The van der Waals surface area contributed by atoms with E-state index in [0.717, 1.165) is 30.7 Å². The quantitative estimate of drug-likeness (QED) is 0.860. The molecule has 0 atom stereocenters. The van der Waals surface area contributed by atoms with E-state index in [0.29, 0.717) is 0 Å². The second kappa shape index (κ2) is 5.49. The molecule has 1 aliphatic carbocycles. The summed E-state index contributed by atoms with van der Waals surface area (Å²) in [5.41, 5.74) is 1.21. The molecule has 0 aliphatic heterocycles. The Balaban J connectivity index is 1.56. The third-order valence-corrected chi connectivity index (χ3v) is 3.45. The summed E-state index contributed by atoms with van der Waals surface area (Å²) in [6, 6.07) is 15.2. The molecule has 100 valence electrons. The highest BCUT2D eigenvalue weighted by molar-refractivity contribution is 5.45. The molecule has 1 heterocycles. The van der Waals surface area contributed by atoms with Crippen molar-refractivity contribution in [3.8, 4) is 0 Å². The number of hydrogen-bond acceptors (Lipinski definition) is 3. The van der Waals surface area contributed by atoms with E-state index in [9.17, 15) is 0 Å². The molecule has 0 spiro atoms. The van der Waals surface area contributed by atoms with E-state index in [-0.39, 0.29) is 0 Å². The monoisotopic (exact) mass is 256 g/mol. The van der Waals surface area contributed by atoms with Gasteiger partial charge >= 0.3 is 0 Å². The highest BCUT2D eigenvalue weighted by Crippen LogP contribution is 2.20. The summed E-state index contributed by atoms with van der Waals surface area (Å²) in [5.74, 6) is 2.04. The Labute approximate surface area is 114 Å². The van der Waals surface area contributed by atoms with Gasteiger partial charge in [0.2, 0.25) is 0 Å². The van der Waals surface area contributed by atoms with E-state index in [1.54, 1.807) is 0 Å². The first kappa shape index (κ1) is 12.3. The van der Waals surface area contributed by atoms with E-state index in [2.05, 4.69) is 53.7 Å². The van der Waals surface area contributed by atoms with Gasteiger partial charge in [0.1, 0.15) is 11.5 Å². The normalized spacial score (nSPS) is 14.6. The van der Waals surface area contributed by atoms with Gasteiger partial charge in [0.15, 0.2) is 0 Å². The molecule has 1 saturated carbocycles. The molecule has 1 aliphatic rings. The fourth-order valence-electron chi connectivity index (χ4n) is 2.14. The van der Waals surface area contributed by atoms with Crippen molar-refractivity contribution in [2.45, 2.75) is 32.0 Å². The zero-order valence-electron chi connectivity index (χ0n) is 11.3. The molecule has 3 nitrogen and oxygen atoms in total. The maximum absolute atomic E-state index is 5.85. The van der Waals surface area contributed by atoms with Crippen molar-refractivity contribution in [2.24, 2.45) is 0 Å². The van der Waals surface area contributed by atoms with Crippen LogP contribution in [0.2, 0.25) is 0 Å². The van der Waals surface area contributed by atoms with Gasteiger partial charge in [-0.25, -0.2) is 0 Å². The molecule has 3 heteroatoms. The number of nitrogens with one attached hydrogen (secondary N) is 1. The van der Waals surface area contributed by atoms with Crippen LogP contribution < -0.4 is 10.2 Å². The van der Waals surface area contributed by atoms with E-state index in [1.807, 2.05) is 6.07 Å². The molecule has 0 radical (unpaired) electrons. The van der Waals surface area contributed by atoms with Crippen LogP contribution in [-0.2, 0) is 13.1 Å². The molecule has 0 unspecified atom stereocenters. The Bertz CT molecular complexity index is 517. The third kappa shape index (κ3) is 3.38. The van der Waals surface area contributed by atoms with E-state index in [4.69, 9.17) is 4.42 Å². The van der Waals surface area contributed by atoms with Crippen LogP contribution >= 0.6 is 0 Å². The van der Waals surface area contributed by atoms with Crippen molar-refractivity contribution in [3.05, 3.63) is 54.0 Å². The maximum atomic E-state index is 5.85. The van der Waals surface area contributed by atoms with Crippen LogP contribution in [-0.4, -0.2) is 13.1 Å². The van der Waals surface area contributed by atoms with Crippen LogP contribution in [0.15, 0.2) is 46.9 Å². The predicted molar refractivity (Wildman–Crippen MR) is 77.1 cm³/mol. The summed E-state index contributed by atoms with van der Waals surface area (Å²) in [5, 5.41) is 3.46. The van der Waals surface area contributed by atoms with Crippen molar-refractivity contribution in [3.63, 3.8) is 0 Å². The molecular formula is C16H20N2O. The van der Waals surface area contributed by atoms with Crippen molar-refractivity contribution in [1.82, 2.24) is 5.32 Å². The molecule has 1 aromatic heterocycles. The molecule has 1 N–H and O–H groups in total. The average molecular weight is 256 g/mol. The lowest BCUT2D eigenvalue weighted by molar-refractivity contribution is 0.445. The fourth-order valence-corrected chi connectivity index (χ4v) is 2.14. The number of hydrogen-bond donors (Lipinski definition) is 1. The van der Waals surface area contributed by atoms with Crippen LogP contribution in [0.5, 0.6) is 0 Å². The van der Waals surface area contributed by atoms with Gasteiger partial charge in [0, 0.05) is 18.8 Å². The highest BCUT2D eigenvalue weighted by Gasteiger charge is 2.20. The van der Waals surface area contributed by atoms with Gasteiger partial charge in [0.05, 0.1) is 13.1 Å². The number of rotatable bonds is 6. The fraction of sp³-hybridized carbons (Fsp3) is 0.375. The Hall–Kier alpha value is -1.74. The molecule has 1 aromatic carbocycles. The lowest BCUT2D eigenvalue weighted by Gasteiger charge is -2.17. The molecule has 1 fully saturated rings. The van der Waals surface area contributed by atoms with Crippen molar-refractivity contribution in [2.75, 3.05) is 11.9 Å². The lowest BCUT2D eigenvalue weighted by Crippen LogP contribution is -2.16. The zero-order valence-corrected chi connectivity index (χ0v) is 11.3. The topological polar surface area (TPSA) is 28.4 Å². The lowest BCUT2D eigenvalue weighted by atomic mass is 10.3. The average Bonchev–Trinajstić information content (AvgIpc) is 3.17. The van der Waals surface area contributed by atoms with E-state index < -0.39 is 0 Å². The predicted octanol–water partition coefficient (Wildman–Crippen LogP) is 3.17. The Morgan fingerprint density at radius 3 is 2.58 bits per heavy atom. The Kier molecular flexibility index (Phi) is 3.56. The van der Waals surface area contributed by atoms with Gasteiger partial charge < -0.3 is 14.6 Å². The second-order valence-electron chi connectivity index (χ2n) is 5.21. The zero-order chi connectivity index (χ0) is 13.1. The smallest absolute Gasteiger partial charge is 0.123 e.